The van der Waals surface area contributed by atoms with Crippen LogP contribution in [0.25, 0.3) is 0 Å². The summed E-state index contributed by atoms with van der Waals surface area (Å²) in [5, 5.41) is 11.0. The first-order chi connectivity index (χ1) is 9.51. The van der Waals surface area contributed by atoms with Gasteiger partial charge in [-0.3, -0.25) is 4.79 Å². The zero-order valence-electron chi connectivity index (χ0n) is 11.5. The largest absolute Gasteiger partial charge is 0.461 e. The van der Waals surface area contributed by atoms with Crippen LogP contribution in [0.1, 0.15) is 40.1 Å². The van der Waals surface area contributed by atoms with E-state index >= 15 is 0 Å². The average Bonchev–Trinajstić information content (AvgIpc) is 2.85. The fourth-order valence-corrected chi connectivity index (χ4v) is 2.86. The lowest BCUT2D eigenvalue weighted by Gasteiger charge is -2.34. The monoisotopic (exact) mass is 298 g/mol. The Morgan fingerprint density at radius 3 is 2.85 bits per heavy atom. The average molecular weight is 298 g/mol. The summed E-state index contributed by atoms with van der Waals surface area (Å²) in [4.78, 5) is 29.2. The first-order valence-corrected chi connectivity index (χ1v) is 7.45. The summed E-state index contributed by atoms with van der Waals surface area (Å²) >= 11 is 1.11. The number of aromatic nitrogens is 1. The highest BCUT2D eigenvalue weighted by Gasteiger charge is 2.30. The quantitative estimate of drug-likeness (QED) is 0.825. The summed E-state index contributed by atoms with van der Waals surface area (Å²) in [7, 11) is 1.70. The van der Waals surface area contributed by atoms with Crippen LogP contribution in [0, 0.1) is 5.92 Å². The second-order valence-electron chi connectivity index (χ2n) is 4.94. The molecular weight excluding hydrogens is 280 g/mol. The fourth-order valence-electron chi connectivity index (χ4n) is 2.17. The maximum atomic E-state index is 12.2. The van der Waals surface area contributed by atoms with Gasteiger partial charge in [-0.1, -0.05) is 0 Å². The van der Waals surface area contributed by atoms with E-state index in [4.69, 9.17) is 4.74 Å². The van der Waals surface area contributed by atoms with E-state index in [-0.39, 0.29) is 29.3 Å². The van der Waals surface area contributed by atoms with Gasteiger partial charge in [-0.2, -0.15) is 0 Å². The second kappa shape index (κ2) is 6.32. The highest BCUT2D eigenvalue weighted by Crippen LogP contribution is 2.28. The second-order valence-corrected chi connectivity index (χ2v) is 5.79. The number of carbonyl (C=O) groups excluding carboxylic acids is 2. The van der Waals surface area contributed by atoms with Gasteiger partial charge >= 0.3 is 5.97 Å². The third kappa shape index (κ3) is 3.34. The van der Waals surface area contributed by atoms with E-state index in [2.05, 4.69) is 4.98 Å². The summed E-state index contributed by atoms with van der Waals surface area (Å²) in [6.07, 6.45) is 1.25. The predicted octanol–water partition coefficient (Wildman–Crippen LogP) is 1.16. The van der Waals surface area contributed by atoms with Crippen molar-refractivity contribution >= 4 is 23.2 Å². The molecule has 1 aromatic rings. The van der Waals surface area contributed by atoms with Crippen molar-refractivity contribution in [1.29, 1.82) is 0 Å². The molecule has 1 aliphatic carbocycles. The zero-order valence-corrected chi connectivity index (χ0v) is 12.4. The molecule has 1 saturated carbocycles. The Balaban J connectivity index is 1.93. The highest BCUT2D eigenvalue weighted by molar-refractivity contribution is 7.11. The maximum Gasteiger partial charge on any atom is 0.367 e. The Labute approximate surface area is 121 Å². The smallest absolute Gasteiger partial charge is 0.367 e. The summed E-state index contributed by atoms with van der Waals surface area (Å²) < 4.78 is 4.84. The van der Waals surface area contributed by atoms with Crippen molar-refractivity contribution in [2.24, 2.45) is 5.92 Å². The Hall–Kier alpha value is -1.47. The number of ether oxygens (including phenoxy) is 1. The molecule has 2 rings (SSSR count). The van der Waals surface area contributed by atoms with Crippen molar-refractivity contribution in [3.05, 3.63) is 16.1 Å². The number of thiazole rings is 1. The minimum absolute atomic E-state index is 0.197. The van der Waals surface area contributed by atoms with E-state index in [1.165, 1.54) is 0 Å². The molecule has 1 amide bonds. The molecule has 0 unspecified atom stereocenters. The van der Waals surface area contributed by atoms with Gasteiger partial charge in [-0.15, -0.1) is 11.3 Å². The van der Waals surface area contributed by atoms with E-state index in [0.717, 1.165) is 24.2 Å². The number of hydrogen-bond donors (Lipinski definition) is 1. The molecule has 0 spiro atoms. The molecular formula is C13H18N2O4S. The first kappa shape index (κ1) is 14.9. The highest BCUT2D eigenvalue weighted by atomic mass is 32.1. The number of aliphatic hydroxyl groups is 1. The Morgan fingerprint density at radius 2 is 2.25 bits per heavy atom. The SMILES string of the molecule is CCOC(=O)c1nc(C(=O)N(C)CC2CC(O)C2)cs1. The molecule has 1 N–H and O–H groups in total. The number of nitrogens with zero attached hydrogens (tertiary/aromatic N) is 2. The molecule has 1 heterocycles. The molecule has 110 valence electrons. The molecule has 20 heavy (non-hydrogen) atoms. The van der Waals surface area contributed by atoms with Crippen LogP contribution in [0.15, 0.2) is 5.38 Å². The lowest BCUT2D eigenvalue weighted by Crippen LogP contribution is -2.39. The van der Waals surface area contributed by atoms with Crippen LogP contribution >= 0.6 is 11.3 Å². The lowest BCUT2D eigenvalue weighted by molar-refractivity contribution is 0.0264. The van der Waals surface area contributed by atoms with Crippen LogP contribution in [-0.4, -0.2) is 53.2 Å². The summed E-state index contributed by atoms with van der Waals surface area (Å²) in [5.74, 6) is -0.360. The van der Waals surface area contributed by atoms with Crippen molar-refractivity contribution in [3.63, 3.8) is 0 Å². The molecule has 1 fully saturated rings. The van der Waals surface area contributed by atoms with Gasteiger partial charge in [0.1, 0.15) is 5.69 Å². The maximum absolute atomic E-state index is 12.2. The Bertz CT molecular complexity index is 496. The van der Waals surface area contributed by atoms with Gasteiger partial charge in [0, 0.05) is 19.0 Å². The lowest BCUT2D eigenvalue weighted by atomic mass is 9.82. The van der Waals surface area contributed by atoms with Crippen molar-refractivity contribution in [3.8, 4) is 0 Å². The van der Waals surface area contributed by atoms with E-state index in [9.17, 15) is 14.7 Å². The zero-order chi connectivity index (χ0) is 14.7. The van der Waals surface area contributed by atoms with E-state index in [1.54, 1.807) is 24.3 Å². The van der Waals surface area contributed by atoms with Crippen LogP contribution in [0.4, 0.5) is 0 Å². The molecule has 0 aromatic carbocycles. The van der Waals surface area contributed by atoms with Gasteiger partial charge in [-0.25, -0.2) is 9.78 Å². The Kier molecular flexibility index (Phi) is 4.72. The van der Waals surface area contributed by atoms with Crippen molar-refractivity contribution in [2.75, 3.05) is 20.2 Å². The van der Waals surface area contributed by atoms with Crippen LogP contribution in [0.2, 0.25) is 0 Å². The number of aliphatic hydroxyl groups excluding tert-OH is 1. The van der Waals surface area contributed by atoms with Crippen molar-refractivity contribution in [2.45, 2.75) is 25.9 Å². The van der Waals surface area contributed by atoms with Crippen LogP contribution < -0.4 is 0 Å². The fraction of sp³-hybridized carbons (Fsp3) is 0.615. The normalized spacial score (nSPS) is 21.1. The third-order valence-electron chi connectivity index (χ3n) is 3.26. The summed E-state index contributed by atoms with van der Waals surface area (Å²) in [5.41, 5.74) is 0.264. The summed E-state index contributed by atoms with van der Waals surface area (Å²) in [6.45, 7) is 2.60. The van der Waals surface area contributed by atoms with Gasteiger partial charge in [0.15, 0.2) is 0 Å². The predicted molar refractivity (Wildman–Crippen MR) is 73.8 cm³/mol. The minimum Gasteiger partial charge on any atom is -0.461 e. The molecule has 1 aromatic heterocycles. The van der Waals surface area contributed by atoms with Gasteiger partial charge in [0.05, 0.1) is 12.7 Å². The van der Waals surface area contributed by atoms with E-state index in [0.29, 0.717) is 12.5 Å². The molecule has 1 aliphatic rings. The number of amides is 1. The van der Waals surface area contributed by atoms with Crippen LogP contribution in [0.5, 0.6) is 0 Å². The number of carbonyl (C=O) groups is 2. The molecule has 0 saturated heterocycles. The first-order valence-electron chi connectivity index (χ1n) is 6.57. The molecule has 0 radical (unpaired) electrons. The molecule has 0 bridgehead atoms. The molecule has 0 aliphatic heterocycles. The molecule has 6 nitrogen and oxygen atoms in total. The number of hydrogen-bond acceptors (Lipinski definition) is 6. The van der Waals surface area contributed by atoms with Crippen molar-refractivity contribution in [1.82, 2.24) is 9.88 Å². The summed E-state index contributed by atoms with van der Waals surface area (Å²) in [6, 6.07) is 0. The molecule has 0 atom stereocenters. The van der Waals surface area contributed by atoms with E-state index < -0.39 is 5.97 Å². The van der Waals surface area contributed by atoms with Crippen LogP contribution in [0.3, 0.4) is 0 Å². The minimum atomic E-state index is -0.499. The molecule has 7 heteroatoms. The van der Waals surface area contributed by atoms with Gasteiger partial charge < -0.3 is 14.7 Å². The topological polar surface area (TPSA) is 79.7 Å². The van der Waals surface area contributed by atoms with Crippen LogP contribution in [-0.2, 0) is 4.74 Å². The van der Waals surface area contributed by atoms with E-state index in [1.807, 2.05) is 0 Å². The number of rotatable bonds is 5. The standard InChI is InChI=1S/C13H18N2O4S/c1-3-19-13(18)11-14-10(7-20-11)12(17)15(2)6-8-4-9(16)5-8/h7-9,16H,3-6H2,1-2H3. The Morgan fingerprint density at radius 1 is 1.55 bits per heavy atom. The number of esters is 1. The van der Waals surface area contributed by atoms with Gasteiger partial charge in [-0.05, 0) is 25.7 Å². The van der Waals surface area contributed by atoms with Gasteiger partial charge in [0.25, 0.3) is 5.91 Å². The third-order valence-corrected chi connectivity index (χ3v) is 4.09. The van der Waals surface area contributed by atoms with Gasteiger partial charge in [0.2, 0.25) is 5.01 Å². The van der Waals surface area contributed by atoms with Crippen molar-refractivity contribution < 1.29 is 19.4 Å².